The van der Waals surface area contributed by atoms with Crippen LogP contribution in [0.15, 0.2) is 23.3 Å². The number of esters is 1. The largest absolute Gasteiger partial charge is 0.507 e. The van der Waals surface area contributed by atoms with E-state index in [9.17, 15) is 24.6 Å². The average Bonchev–Trinajstić information content (AvgIpc) is 2.85. The fraction of sp³-hybridized carbons (Fsp3) is 0.312. The number of fused-ring (bicyclic) bond motifs is 3. The molecular weight excluding hydrogens is 304 g/mol. The van der Waals surface area contributed by atoms with Gasteiger partial charge < -0.3 is 19.7 Å². The first-order valence-electron chi connectivity index (χ1n) is 7.13. The van der Waals surface area contributed by atoms with E-state index >= 15 is 0 Å². The minimum atomic E-state index is -0.958. The molecule has 2 N–H and O–H groups in total. The second kappa shape index (κ2) is 4.42. The first-order valence-corrected chi connectivity index (χ1v) is 7.13. The van der Waals surface area contributed by atoms with Crippen LogP contribution in [0.25, 0.3) is 0 Å². The van der Waals surface area contributed by atoms with Crippen molar-refractivity contribution in [3.8, 4) is 11.5 Å². The standard InChI is InChI=1S/C16H12O7/c1-5-10-13(16-8(22-5)4-9(19)23-16)15(21)12-7(18)3-2-6(17)11(12)14(10)20/h2-3,5,8,16-18H,4H2,1H3/t5-,8-,16+/m1/s1. The van der Waals surface area contributed by atoms with Crippen molar-refractivity contribution in [3.05, 3.63) is 34.4 Å². The number of carbonyl (C=O) groups excluding carboxylic acids is 3. The van der Waals surface area contributed by atoms with Crippen molar-refractivity contribution in [2.24, 2.45) is 0 Å². The highest BCUT2D eigenvalue weighted by atomic mass is 16.6. The number of rotatable bonds is 0. The van der Waals surface area contributed by atoms with Crippen molar-refractivity contribution in [3.63, 3.8) is 0 Å². The van der Waals surface area contributed by atoms with Gasteiger partial charge in [-0.3, -0.25) is 14.4 Å². The quantitative estimate of drug-likeness (QED) is 0.540. The van der Waals surface area contributed by atoms with Crippen molar-refractivity contribution in [2.45, 2.75) is 31.7 Å². The number of hydrogen-bond donors (Lipinski definition) is 2. The first-order chi connectivity index (χ1) is 10.9. The van der Waals surface area contributed by atoms with E-state index < -0.39 is 41.6 Å². The van der Waals surface area contributed by atoms with E-state index in [1.54, 1.807) is 6.92 Å². The number of hydrogen-bond acceptors (Lipinski definition) is 7. The molecule has 2 aliphatic heterocycles. The topological polar surface area (TPSA) is 110 Å². The Morgan fingerprint density at radius 1 is 1.00 bits per heavy atom. The zero-order valence-corrected chi connectivity index (χ0v) is 12.0. The van der Waals surface area contributed by atoms with Gasteiger partial charge in [0.25, 0.3) is 0 Å². The van der Waals surface area contributed by atoms with Crippen molar-refractivity contribution < 1.29 is 34.1 Å². The summed E-state index contributed by atoms with van der Waals surface area (Å²) in [4.78, 5) is 37.1. The summed E-state index contributed by atoms with van der Waals surface area (Å²) in [6, 6.07) is 2.30. The van der Waals surface area contributed by atoms with Gasteiger partial charge in [0.2, 0.25) is 0 Å². The Bertz CT molecular complexity index is 820. The number of phenolic OH excluding ortho intramolecular Hbond substituents is 2. The second-order valence-electron chi connectivity index (χ2n) is 5.77. The van der Waals surface area contributed by atoms with Gasteiger partial charge in [-0.2, -0.15) is 0 Å². The van der Waals surface area contributed by atoms with Crippen molar-refractivity contribution in [1.29, 1.82) is 0 Å². The maximum absolute atomic E-state index is 12.8. The lowest BCUT2D eigenvalue weighted by molar-refractivity contribution is -0.140. The molecule has 0 saturated carbocycles. The molecular formula is C16H12O7. The third-order valence-electron chi connectivity index (χ3n) is 4.43. The lowest BCUT2D eigenvalue weighted by atomic mass is 9.77. The molecule has 1 fully saturated rings. The van der Waals surface area contributed by atoms with E-state index in [0.717, 1.165) is 12.1 Å². The van der Waals surface area contributed by atoms with Crippen molar-refractivity contribution in [2.75, 3.05) is 0 Å². The zero-order chi connectivity index (χ0) is 16.5. The van der Waals surface area contributed by atoms with E-state index in [0.29, 0.717) is 0 Å². The van der Waals surface area contributed by atoms with Gasteiger partial charge in [-0.15, -0.1) is 0 Å². The van der Waals surface area contributed by atoms with Crippen LogP contribution in [0.4, 0.5) is 0 Å². The summed E-state index contributed by atoms with van der Waals surface area (Å²) in [5.74, 6) is -2.52. The van der Waals surface area contributed by atoms with Crippen molar-refractivity contribution in [1.82, 2.24) is 0 Å². The van der Waals surface area contributed by atoms with E-state index in [2.05, 4.69) is 0 Å². The average molecular weight is 316 g/mol. The molecule has 0 radical (unpaired) electrons. The van der Waals surface area contributed by atoms with Crippen LogP contribution in [0, 0.1) is 0 Å². The van der Waals surface area contributed by atoms with Gasteiger partial charge in [-0.1, -0.05) is 0 Å². The summed E-state index contributed by atoms with van der Waals surface area (Å²) in [5, 5.41) is 19.9. The predicted octanol–water partition coefficient (Wildman–Crippen LogP) is 0.876. The van der Waals surface area contributed by atoms with Crippen LogP contribution >= 0.6 is 0 Å². The van der Waals surface area contributed by atoms with Crippen LogP contribution in [0.2, 0.25) is 0 Å². The number of carbonyl (C=O) groups is 3. The van der Waals surface area contributed by atoms with Gasteiger partial charge >= 0.3 is 5.97 Å². The Morgan fingerprint density at radius 2 is 1.57 bits per heavy atom. The molecule has 1 aromatic carbocycles. The fourth-order valence-electron chi connectivity index (χ4n) is 3.47. The lowest BCUT2D eigenvalue weighted by Crippen LogP contribution is -2.44. The van der Waals surface area contributed by atoms with Crippen LogP contribution in [-0.4, -0.2) is 46.1 Å². The number of aromatic hydroxyl groups is 2. The monoisotopic (exact) mass is 316 g/mol. The molecule has 3 atom stereocenters. The highest BCUT2D eigenvalue weighted by Gasteiger charge is 2.51. The summed E-state index contributed by atoms with van der Waals surface area (Å²) < 4.78 is 10.8. The Balaban J connectivity index is 1.98. The predicted molar refractivity (Wildman–Crippen MR) is 74.3 cm³/mol. The molecule has 0 amide bonds. The second-order valence-corrected chi connectivity index (χ2v) is 5.77. The molecule has 23 heavy (non-hydrogen) atoms. The molecule has 0 spiro atoms. The Morgan fingerprint density at radius 3 is 2.17 bits per heavy atom. The Labute approximate surface area is 130 Å². The minimum Gasteiger partial charge on any atom is -0.507 e. The lowest BCUT2D eigenvalue weighted by Gasteiger charge is -2.35. The van der Waals surface area contributed by atoms with Gasteiger partial charge in [-0.25, -0.2) is 0 Å². The normalized spacial score (nSPS) is 29.1. The summed E-state index contributed by atoms with van der Waals surface area (Å²) in [6.45, 7) is 1.60. The van der Waals surface area contributed by atoms with Crippen LogP contribution in [-0.2, 0) is 14.3 Å². The smallest absolute Gasteiger partial charge is 0.309 e. The van der Waals surface area contributed by atoms with Gasteiger partial charge in [0.15, 0.2) is 17.7 Å². The molecule has 2 heterocycles. The van der Waals surface area contributed by atoms with Gasteiger partial charge in [-0.05, 0) is 19.1 Å². The number of Topliss-reactive ketones (excluding diaryl/α,β-unsaturated/α-hetero) is 2. The number of ketones is 2. The molecule has 7 heteroatoms. The number of benzene rings is 1. The summed E-state index contributed by atoms with van der Waals surface area (Å²) in [6.07, 6.45) is -2.30. The Hall–Kier alpha value is -2.67. The fourth-order valence-corrected chi connectivity index (χ4v) is 3.47. The summed E-state index contributed by atoms with van der Waals surface area (Å²) in [7, 11) is 0. The highest BCUT2D eigenvalue weighted by Crippen LogP contribution is 2.44. The molecule has 1 aliphatic carbocycles. The summed E-state index contributed by atoms with van der Waals surface area (Å²) >= 11 is 0. The Kier molecular flexibility index (Phi) is 2.68. The van der Waals surface area contributed by atoms with E-state index in [1.807, 2.05) is 0 Å². The van der Waals surface area contributed by atoms with Crippen LogP contribution in [0.3, 0.4) is 0 Å². The third-order valence-corrected chi connectivity index (χ3v) is 4.43. The number of phenols is 2. The van der Waals surface area contributed by atoms with Gasteiger partial charge in [0.1, 0.15) is 17.6 Å². The van der Waals surface area contributed by atoms with Gasteiger partial charge in [0.05, 0.1) is 29.2 Å². The third kappa shape index (κ3) is 1.71. The molecule has 0 aromatic heterocycles. The molecule has 1 saturated heterocycles. The SMILES string of the molecule is C[C@H]1O[C@@H]2CC(=O)O[C@@H]2C2=C1C(=O)c1c(O)ccc(O)c1C2=O. The zero-order valence-electron chi connectivity index (χ0n) is 12.0. The van der Waals surface area contributed by atoms with E-state index in [-0.39, 0.29) is 34.4 Å². The molecule has 4 rings (SSSR count). The van der Waals surface area contributed by atoms with E-state index in [1.165, 1.54) is 0 Å². The maximum Gasteiger partial charge on any atom is 0.309 e. The molecule has 7 nitrogen and oxygen atoms in total. The van der Waals surface area contributed by atoms with Crippen molar-refractivity contribution >= 4 is 17.5 Å². The molecule has 3 aliphatic rings. The van der Waals surface area contributed by atoms with E-state index in [4.69, 9.17) is 9.47 Å². The molecule has 0 bridgehead atoms. The maximum atomic E-state index is 12.8. The van der Waals surface area contributed by atoms with Crippen LogP contribution < -0.4 is 0 Å². The van der Waals surface area contributed by atoms with Crippen LogP contribution in [0.1, 0.15) is 34.1 Å². The van der Waals surface area contributed by atoms with Gasteiger partial charge in [0, 0.05) is 5.57 Å². The van der Waals surface area contributed by atoms with Crippen LogP contribution in [0.5, 0.6) is 11.5 Å². The molecule has 118 valence electrons. The highest BCUT2D eigenvalue weighted by molar-refractivity contribution is 6.29. The first kappa shape index (κ1) is 14.0. The minimum absolute atomic E-state index is 0.00609. The summed E-state index contributed by atoms with van der Waals surface area (Å²) in [5.41, 5.74) is -0.395. The number of ether oxygens (including phenoxy) is 2. The molecule has 0 unspecified atom stereocenters. The molecule has 1 aromatic rings.